The summed E-state index contributed by atoms with van der Waals surface area (Å²) >= 11 is 0. The van der Waals surface area contributed by atoms with Crippen LogP contribution in [0.15, 0.2) is 17.0 Å². The summed E-state index contributed by atoms with van der Waals surface area (Å²) in [4.78, 5) is 15.8. The van der Waals surface area contributed by atoms with E-state index in [-0.39, 0.29) is 12.5 Å². The summed E-state index contributed by atoms with van der Waals surface area (Å²) in [6.07, 6.45) is 0.857. The second-order valence-electron chi connectivity index (χ2n) is 6.79. The van der Waals surface area contributed by atoms with Crippen molar-refractivity contribution in [2.75, 3.05) is 40.3 Å². The molecule has 0 aliphatic heterocycles. The fourth-order valence-corrected chi connectivity index (χ4v) is 4.45. The average molecular weight is 370 g/mol. The second kappa shape index (κ2) is 9.31. The van der Waals surface area contributed by atoms with Gasteiger partial charge in [-0.25, -0.2) is 13.1 Å². The molecule has 0 bridgehead atoms. The molecular formula is C18H31N3O3S. The number of nitrogens with one attached hydrogen (secondary N) is 1. The Morgan fingerprint density at radius 1 is 1.04 bits per heavy atom. The molecule has 0 fully saturated rings. The Morgan fingerprint density at radius 2 is 1.60 bits per heavy atom. The first kappa shape index (κ1) is 21.6. The molecular weight excluding hydrogens is 338 g/mol. The Labute approximate surface area is 152 Å². The van der Waals surface area contributed by atoms with Crippen LogP contribution in [-0.4, -0.2) is 64.4 Å². The quantitative estimate of drug-likeness (QED) is 0.719. The van der Waals surface area contributed by atoms with Crippen LogP contribution in [0.5, 0.6) is 0 Å². The van der Waals surface area contributed by atoms with Gasteiger partial charge in [-0.1, -0.05) is 17.7 Å². The van der Waals surface area contributed by atoms with Crippen LogP contribution in [0.1, 0.15) is 30.0 Å². The Morgan fingerprint density at radius 3 is 2.08 bits per heavy atom. The first-order valence-electron chi connectivity index (χ1n) is 8.52. The van der Waals surface area contributed by atoms with Crippen molar-refractivity contribution >= 4 is 15.9 Å². The molecule has 0 saturated carbocycles. The number of benzene rings is 1. The van der Waals surface area contributed by atoms with E-state index >= 15 is 0 Å². The number of carbonyl (C=O) groups excluding carboxylic acids is 1. The first-order valence-corrected chi connectivity index (χ1v) is 10.0. The van der Waals surface area contributed by atoms with Crippen molar-refractivity contribution in [3.63, 3.8) is 0 Å². The highest BCUT2D eigenvalue weighted by atomic mass is 32.2. The van der Waals surface area contributed by atoms with Gasteiger partial charge in [-0.2, -0.15) is 0 Å². The lowest BCUT2D eigenvalue weighted by Gasteiger charge is -2.22. The number of amides is 1. The van der Waals surface area contributed by atoms with Crippen molar-refractivity contribution in [1.82, 2.24) is 14.5 Å². The lowest BCUT2D eigenvalue weighted by molar-refractivity contribution is -0.128. The van der Waals surface area contributed by atoms with Gasteiger partial charge in [0.15, 0.2) is 0 Å². The Hall–Kier alpha value is -1.44. The van der Waals surface area contributed by atoms with Gasteiger partial charge in [-0.05, 0) is 59.0 Å². The molecule has 1 N–H and O–H groups in total. The minimum atomic E-state index is -3.59. The van der Waals surface area contributed by atoms with Crippen LogP contribution in [0.25, 0.3) is 0 Å². The van der Waals surface area contributed by atoms with E-state index in [9.17, 15) is 13.2 Å². The van der Waals surface area contributed by atoms with Crippen LogP contribution in [-0.2, 0) is 14.8 Å². The normalized spacial score (nSPS) is 11.8. The zero-order valence-corrected chi connectivity index (χ0v) is 17.0. The predicted octanol–water partition coefficient (Wildman–Crippen LogP) is 1.69. The maximum absolute atomic E-state index is 12.6. The molecule has 7 heteroatoms. The number of hydrogen-bond donors (Lipinski definition) is 1. The fourth-order valence-electron chi connectivity index (χ4n) is 2.98. The SMILES string of the molecule is CC(=O)N(CCCN(C)C)CCNS(=O)(=O)c1c(C)cc(C)cc1C. The molecule has 1 amide bonds. The van der Waals surface area contributed by atoms with E-state index in [0.717, 1.165) is 29.7 Å². The minimum Gasteiger partial charge on any atom is -0.342 e. The molecule has 0 aliphatic rings. The van der Waals surface area contributed by atoms with Crippen molar-refractivity contribution in [3.05, 3.63) is 28.8 Å². The van der Waals surface area contributed by atoms with Gasteiger partial charge in [0, 0.05) is 26.6 Å². The molecule has 0 unspecified atom stereocenters. The standard InChI is InChI=1S/C18H31N3O3S/c1-14-12-15(2)18(16(3)13-14)25(23,24)19-8-11-21(17(4)22)10-7-9-20(5)6/h12-13,19H,7-11H2,1-6H3. The summed E-state index contributed by atoms with van der Waals surface area (Å²) in [5.74, 6) is -0.0411. The summed E-state index contributed by atoms with van der Waals surface area (Å²) in [7, 11) is 0.379. The van der Waals surface area contributed by atoms with Gasteiger partial charge in [0.25, 0.3) is 0 Å². The number of carbonyl (C=O) groups is 1. The van der Waals surface area contributed by atoms with Crippen LogP contribution in [0.3, 0.4) is 0 Å². The van der Waals surface area contributed by atoms with Crippen molar-refractivity contribution < 1.29 is 13.2 Å². The molecule has 142 valence electrons. The van der Waals surface area contributed by atoms with Crippen molar-refractivity contribution in [3.8, 4) is 0 Å². The third-order valence-corrected chi connectivity index (χ3v) is 5.79. The third-order valence-electron chi connectivity index (χ3n) is 4.03. The molecule has 1 aromatic carbocycles. The molecule has 6 nitrogen and oxygen atoms in total. The molecule has 1 rings (SSSR count). The third kappa shape index (κ3) is 6.76. The summed E-state index contributed by atoms with van der Waals surface area (Å²) < 4.78 is 27.9. The lowest BCUT2D eigenvalue weighted by atomic mass is 10.1. The highest BCUT2D eigenvalue weighted by Crippen LogP contribution is 2.21. The minimum absolute atomic E-state index is 0.0411. The van der Waals surface area contributed by atoms with Gasteiger partial charge in [-0.3, -0.25) is 4.79 Å². The molecule has 1 aromatic rings. The number of aryl methyl sites for hydroxylation is 3. The van der Waals surface area contributed by atoms with Crippen molar-refractivity contribution in [1.29, 1.82) is 0 Å². The van der Waals surface area contributed by atoms with Crippen LogP contribution in [0, 0.1) is 20.8 Å². The average Bonchev–Trinajstić information content (AvgIpc) is 2.43. The van der Waals surface area contributed by atoms with E-state index in [2.05, 4.69) is 9.62 Å². The van der Waals surface area contributed by atoms with E-state index in [1.807, 2.05) is 33.2 Å². The maximum atomic E-state index is 12.6. The lowest BCUT2D eigenvalue weighted by Crippen LogP contribution is -2.39. The second-order valence-corrected chi connectivity index (χ2v) is 8.49. The van der Waals surface area contributed by atoms with E-state index in [4.69, 9.17) is 0 Å². The summed E-state index contributed by atoms with van der Waals surface area (Å²) in [6.45, 7) is 9.15. The Kier molecular flexibility index (Phi) is 8.05. The Bertz CT molecular complexity index is 677. The molecule has 0 aliphatic carbocycles. The first-order chi connectivity index (χ1) is 11.5. The van der Waals surface area contributed by atoms with E-state index in [1.165, 1.54) is 6.92 Å². The summed E-state index contributed by atoms with van der Waals surface area (Å²) in [5, 5.41) is 0. The zero-order chi connectivity index (χ0) is 19.2. The van der Waals surface area contributed by atoms with Gasteiger partial charge < -0.3 is 9.80 Å². The zero-order valence-electron chi connectivity index (χ0n) is 16.2. The highest BCUT2D eigenvalue weighted by Gasteiger charge is 2.20. The van der Waals surface area contributed by atoms with Gasteiger partial charge >= 0.3 is 0 Å². The topological polar surface area (TPSA) is 69.7 Å². The molecule has 25 heavy (non-hydrogen) atoms. The summed E-state index contributed by atoms with van der Waals surface area (Å²) in [5.41, 5.74) is 2.51. The number of rotatable bonds is 9. The van der Waals surface area contributed by atoms with Gasteiger partial charge in [0.05, 0.1) is 4.90 Å². The maximum Gasteiger partial charge on any atom is 0.241 e. The number of nitrogens with zero attached hydrogens (tertiary/aromatic N) is 2. The van der Waals surface area contributed by atoms with E-state index < -0.39 is 10.0 Å². The number of sulfonamides is 1. The van der Waals surface area contributed by atoms with Crippen LogP contribution >= 0.6 is 0 Å². The largest absolute Gasteiger partial charge is 0.342 e. The van der Waals surface area contributed by atoms with Gasteiger partial charge in [0.2, 0.25) is 15.9 Å². The highest BCUT2D eigenvalue weighted by molar-refractivity contribution is 7.89. The summed E-state index contributed by atoms with van der Waals surface area (Å²) in [6, 6.07) is 3.73. The molecule has 0 saturated heterocycles. The van der Waals surface area contributed by atoms with E-state index in [0.29, 0.717) is 18.0 Å². The Balaban J connectivity index is 2.71. The molecule has 0 atom stereocenters. The molecule has 0 heterocycles. The number of hydrogen-bond acceptors (Lipinski definition) is 4. The molecule has 0 aromatic heterocycles. The van der Waals surface area contributed by atoms with Gasteiger partial charge in [0.1, 0.15) is 0 Å². The smallest absolute Gasteiger partial charge is 0.241 e. The van der Waals surface area contributed by atoms with Crippen LogP contribution in [0.2, 0.25) is 0 Å². The molecule has 0 spiro atoms. The predicted molar refractivity (Wildman–Crippen MR) is 101 cm³/mol. The van der Waals surface area contributed by atoms with Crippen LogP contribution < -0.4 is 4.72 Å². The van der Waals surface area contributed by atoms with Crippen molar-refractivity contribution in [2.24, 2.45) is 0 Å². The van der Waals surface area contributed by atoms with Crippen molar-refractivity contribution in [2.45, 2.75) is 39.0 Å². The molecule has 0 radical (unpaired) electrons. The monoisotopic (exact) mass is 369 g/mol. The van der Waals surface area contributed by atoms with E-state index in [1.54, 1.807) is 18.7 Å². The van der Waals surface area contributed by atoms with Crippen LogP contribution in [0.4, 0.5) is 0 Å². The van der Waals surface area contributed by atoms with Gasteiger partial charge in [-0.15, -0.1) is 0 Å². The fraction of sp³-hybridized carbons (Fsp3) is 0.611.